The zero-order valence-corrected chi connectivity index (χ0v) is 14.3. The van der Waals surface area contributed by atoms with Gasteiger partial charge in [0.15, 0.2) is 11.5 Å². The minimum absolute atomic E-state index is 0.249. The van der Waals surface area contributed by atoms with Crippen LogP contribution >= 0.6 is 11.6 Å². The standard InChI is InChI=1S/C18H14ClN3O4/c19-13-8-11(9-15-16(13)26-7-3-6-25-15)17(23)21-22-10-20-14-5-2-1-4-12(14)18(22)24/h1-2,4-5,8-10H,3,6-7H2,(H,21,23). The van der Waals surface area contributed by atoms with Gasteiger partial charge < -0.3 is 9.47 Å². The van der Waals surface area contributed by atoms with Crippen LogP contribution in [0.2, 0.25) is 5.02 Å². The number of halogens is 1. The summed E-state index contributed by atoms with van der Waals surface area (Å²) in [6.07, 6.45) is 2.00. The lowest BCUT2D eigenvalue weighted by Gasteiger charge is -2.12. The largest absolute Gasteiger partial charge is 0.489 e. The van der Waals surface area contributed by atoms with Crippen molar-refractivity contribution in [3.8, 4) is 11.5 Å². The number of ether oxygens (including phenoxy) is 2. The number of para-hydroxylation sites is 1. The van der Waals surface area contributed by atoms with Gasteiger partial charge in [0.05, 0.1) is 29.1 Å². The van der Waals surface area contributed by atoms with Gasteiger partial charge in [-0.25, -0.2) is 9.66 Å². The molecule has 0 bridgehead atoms. The monoisotopic (exact) mass is 371 g/mol. The SMILES string of the molecule is O=C(Nn1cnc2ccccc2c1=O)c1cc(Cl)c2c(c1)OCCCO2. The molecule has 2 aromatic carbocycles. The molecule has 0 saturated heterocycles. The van der Waals surface area contributed by atoms with E-state index in [1.165, 1.54) is 12.4 Å². The third kappa shape index (κ3) is 2.97. The average molecular weight is 372 g/mol. The second-order valence-corrected chi connectivity index (χ2v) is 6.12. The highest BCUT2D eigenvalue weighted by molar-refractivity contribution is 6.32. The first kappa shape index (κ1) is 16.4. The fraction of sp³-hybridized carbons (Fsp3) is 0.167. The highest BCUT2D eigenvalue weighted by Gasteiger charge is 2.19. The molecule has 0 aliphatic carbocycles. The Bertz CT molecular complexity index is 1060. The summed E-state index contributed by atoms with van der Waals surface area (Å²) in [4.78, 5) is 29.2. The molecular weight excluding hydrogens is 358 g/mol. The number of carbonyl (C=O) groups is 1. The molecule has 0 spiro atoms. The number of amides is 1. The second kappa shape index (κ2) is 6.68. The van der Waals surface area contributed by atoms with Crippen molar-refractivity contribution in [2.75, 3.05) is 18.6 Å². The van der Waals surface area contributed by atoms with E-state index in [4.69, 9.17) is 21.1 Å². The van der Waals surface area contributed by atoms with Gasteiger partial charge in [0.2, 0.25) is 0 Å². The first-order chi connectivity index (χ1) is 12.6. The summed E-state index contributed by atoms with van der Waals surface area (Å²) >= 11 is 6.21. The van der Waals surface area contributed by atoms with E-state index < -0.39 is 5.91 Å². The van der Waals surface area contributed by atoms with Crippen LogP contribution in [0.4, 0.5) is 0 Å². The number of hydrogen-bond acceptors (Lipinski definition) is 5. The first-order valence-electron chi connectivity index (χ1n) is 8.00. The Hall–Kier alpha value is -3.06. The Labute approximate surface area is 153 Å². The van der Waals surface area contributed by atoms with E-state index >= 15 is 0 Å². The highest BCUT2D eigenvalue weighted by atomic mass is 35.5. The molecule has 4 rings (SSSR count). The summed E-state index contributed by atoms with van der Waals surface area (Å²) in [5.41, 5.74) is 2.95. The van der Waals surface area contributed by atoms with E-state index in [2.05, 4.69) is 10.4 Å². The minimum atomic E-state index is -0.512. The lowest BCUT2D eigenvalue weighted by molar-refractivity contribution is 0.101. The van der Waals surface area contributed by atoms with Gasteiger partial charge >= 0.3 is 0 Å². The molecule has 3 aromatic rings. The van der Waals surface area contributed by atoms with Crippen LogP contribution in [0.15, 0.2) is 47.5 Å². The van der Waals surface area contributed by atoms with Crippen molar-refractivity contribution in [3.05, 3.63) is 63.7 Å². The molecule has 132 valence electrons. The fourth-order valence-corrected chi connectivity index (χ4v) is 2.95. The number of fused-ring (bicyclic) bond motifs is 2. The number of aromatic nitrogens is 2. The Balaban J connectivity index is 1.67. The molecule has 1 amide bonds. The molecular formula is C18H14ClN3O4. The molecule has 8 heteroatoms. The van der Waals surface area contributed by atoms with Gasteiger partial charge in [0, 0.05) is 12.0 Å². The highest BCUT2D eigenvalue weighted by Crippen LogP contribution is 2.37. The van der Waals surface area contributed by atoms with Crippen LogP contribution in [0.3, 0.4) is 0 Å². The summed E-state index contributed by atoms with van der Waals surface area (Å²) in [6, 6.07) is 9.92. The molecule has 0 saturated carbocycles. The predicted octanol–water partition coefficient (Wildman–Crippen LogP) is 2.60. The Kier molecular flexibility index (Phi) is 4.22. The minimum Gasteiger partial charge on any atom is -0.489 e. The van der Waals surface area contributed by atoms with E-state index in [0.29, 0.717) is 35.6 Å². The molecule has 1 aromatic heterocycles. The molecule has 7 nitrogen and oxygen atoms in total. The summed E-state index contributed by atoms with van der Waals surface area (Å²) in [7, 11) is 0. The van der Waals surface area contributed by atoms with E-state index in [9.17, 15) is 9.59 Å². The second-order valence-electron chi connectivity index (χ2n) is 5.71. The van der Waals surface area contributed by atoms with Crippen molar-refractivity contribution < 1.29 is 14.3 Å². The van der Waals surface area contributed by atoms with Crippen LogP contribution in [-0.2, 0) is 0 Å². The molecule has 0 fully saturated rings. The van der Waals surface area contributed by atoms with Crippen molar-refractivity contribution in [1.29, 1.82) is 0 Å². The van der Waals surface area contributed by atoms with Gasteiger partial charge in [-0.3, -0.25) is 15.0 Å². The Morgan fingerprint density at radius 1 is 1.19 bits per heavy atom. The molecule has 1 aliphatic rings. The van der Waals surface area contributed by atoms with Gasteiger partial charge in [-0.2, -0.15) is 0 Å². The van der Waals surface area contributed by atoms with Crippen LogP contribution in [0, 0.1) is 0 Å². The molecule has 0 atom stereocenters. The lowest BCUT2D eigenvalue weighted by Crippen LogP contribution is -2.33. The van der Waals surface area contributed by atoms with Crippen molar-refractivity contribution in [3.63, 3.8) is 0 Å². The maximum atomic E-state index is 12.6. The number of benzene rings is 2. The van der Waals surface area contributed by atoms with Crippen molar-refractivity contribution >= 4 is 28.4 Å². The third-order valence-corrected chi connectivity index (χ3v) is 4.23. The first-order valence-corrected chi connectivity index (χ1v) is 8.38. The Morgan fingerprint density at radius 3 is 2.88 bits per heavy atom. The molecule has 0 unspecified atom stereocenters. The van der Waals surface area contributed by atoms with Crippen LogP contribution in [0.25, 0.3) is 10.9 Å². The molecule has 1 N–H and O–H groups in total. The van der Waals surface area contributed by atoms with Gasteiger partial charge in [-0.05, 0) is 24.3 Å². The van der Waals surface area contributed by atoms with Crippen LogP contribution in [0.5, 0.6) is 11.5 Å². The van der Waals surface area contributed by atoms with Gasteiger partial charge in [0.1, 0.15) is 6.33 Å². The zero-order valence-electron chi connectivity index (χ0n) is 13.6. The molecule has 2 heterocycles. The van der Waals surface area contributed by atoms with Crippen LogP contribution < -0.4 is 20.5 Å². The van der Waals surface area contributed by atoms with Crippen molar-refractivity contribution in [2.24, 2.45) is 0 Å². The predicted molar refractivity (Wildman–Crippen MR) is 96.8 cm³/mol. The quantitative estimate of drug-likeness (QED) is 0.748. The lowest BCUT2D eigenvalue weighted by atomic mass is 10.2. The van der Waals surface area contributed by atoms with Gasteiger partial charge in [0.25, 0.3) is 11.5 Å². The molecule has 1 aliphatic heterocycles. The maximum absolute atomic E-state index is 12.6. The van der Waals surface area contributed by atoms with Crippen LogP contribution in [-0.4, -0.2) is 28.8 Å². The normalized spacial score (nSPS) is 13.3. The number of rotatable bonds is 2. The molecule has 0 radical (unpaired) electrons. The van der Waals surface area contributed by atoms with E-state index in [1.54, 1.807) is 30.3 Å². The summed E-state index contributed by atoms with van der Waals surface area (Å²) in [6.45, 7) is 0.971. The summed E-state index contributed by atoms with van der Waals surface area (Å²) in [5, 5.41) is 0.686. The van der Waals surface area contributed by atoms with E-state index in [0.717, 1.165) is 11.1 Å². The van der Waals surface area contributed by atoms with Gasteiger partial charge in [-0.1, -0.05) is 23.7 Å². The third-order valence-electron chi connectivity index (χ3n) is 3.95. The smallest absolute Gasteiger partial charge is 0.280 e. The zero-order chi connectivity index (χ0) is 18.1. The van der Waals surface area contributed by atoms with E-state index in [-0.39, 0.29) is 16.1 Å². The van der Waals surface area contributed by atoms with Gasteiger partial charge in [-0.15, -0.1) is 0 Å². The fourth-order valence-electron chi connectivity index (χ4n) is 2.68. The van der Waals surface area contributed by atoms with Crippen LogP contribution in [0.1, 0.15) is 16.8 Å². The topological polar surface area (TPSA) is 82.5 Å². The van der Waals surface area contributed by atoms with E-state index in [1.807, 2.05) is 0 Å². The maximum Gasteiger partial charge on any atom is 0.280 e. The number of hydrogen-bond donors (Lipinski definition) is 1. The Morgan fingerprint density at radius 2 is 2.00 bits per heavy atom. The summed E-state index contributed by atoms with van der Waals surface area (Å²) < 4.78 is 12.2. The summed E-state index contributed by atoms with van der Waals surface area (Å²) in [5.74, 6) is 0.316. The average Bonchev–Trinajstić information content (AvgIpc) is 2.90. The van der Waals surface area contributed by atoms with Crippen molar-refractivity contribution in [2.45, 2.75) is 6.42 Å². The number of nitrogens with one attached hydrogen (secondary N) is 1. The number of nitrogens with zero attached hydrogens (tertiary/aromatic N) is 2. The number of carbonyl (C=O) groups excluding carboxylic acids is 1. The molecule has 26 heavy (non-hydrogen) atoms. The van der Waals surface area contributed by atoms with Crippen molar-refractivity contribution in [1.82, 2.24) is 9.66 Å².